The Morgan fingerprint density at radius 3 is 2.71 bits per heavy atom. The number of rotatable bonds is 1. The van der Waals surface area contributed by atoms with Crippen LogP contribution in [0.3, 0.4) is 0 Å². The predicted molar refractivity (Wildman–Crippen MR) is 49.8 cm³/mol. The lowest BCUT2D eigenvalue weighted by molar-refractivity contribution is -0.0280. The lowest BCUT2D eigenvalue weighted by Gasteiger charge is -2.26. The maximum Gasteiger partial charge on any atom is 0.118 e. The van der Waals surface area contributed by atoms with Gasteiger partial charge in [-0.2, -0.15) is 0 Å². The van der Waals surface area contributed by atoms with Crippen molar-refractivity contribution in [1.29, 1.82) is 0 Å². The van der Waals surface area contributed by atoms with Gasteiger partial charge in [-0.3, -0.25) is 0 Å². The number of epoxide rings is 1. The molecule has 1 aliphatic carbocycles. The highest BCUT2D eigenvalue weighted by molar-refractivity contribution is 5.39. The number of aliphatic hydroxyl groups excluding tert-OH is 1. The van der Waals surface area contributed by atoms with Crippen molar-refractivity contribution >= 4 is 0 Å². The average Bonchev–Trinajstić information content (AvgIpc) is 2.99. The molecule has 1 heterocycles. The molecule has 1 saturated heterocycles. The molecule has 0 aromatic heterocycles. The van der Waals surface area contributed by atoms with Crippen LogP contribution >= 0.6 is 0 Å². The summed E-state index contributed by atoms with van der Waals surface area (Å²) in [5.74, 6) is 0. The van der Waals surface area contributed by atoms with E-state index in [9.17, 15) is 5.11 Å². The molecule has 0 amide bonds. The average molecular weight is 192 g/mol. The summed E-state index contributed by atoms with van der Waals surface area (Å²) in [6, 6.07) is 7.98. The van der Waals surface area contributed by atoms with Crippen LogP contribution in [0.4, 0.5) is 0 Å². The van der Waals surface area contributed by atoms with Crippen molar-refractivity contribution in [2.45, 2.75) is 24.4 Å². The fraction of sp³-hybridized carbons (Fsp3) is 0.455. The third kappa shape index (κ3) is 0.974. The fourth-order valence-electron chi connectivity index (χ4n) is 2.29. The maximum absolute atomic E-state index is 9.88. The molecule has 0 saturated carbocycles. The molecule has 1 aromatic rings. The van der Waals surface area contributed by atoms with Gasteiger partial charge in [-0.15, -0.1) is 0 Å². The van der Waals surface area contributed by atoms with E-state index in [2.05, 4.69) is 0 Å². The van der Waals surface area contributed by atoms with Gasteiger partial charge < -0.3 is 14.6 Å². The van der Waals surface area contributed by atoms with Crippen molar-refractivity contribution in [3.63, 3.8) is 0 Å². The van der Waals surface area contributed by atoms with Crippen LogP contribution < -0.4 is 0 Å². The van der Waals surface area contributed by atoms with E-state index in [1.165, 1.54) is 0 Å². The molecular formula is C11H12O3. The third-order valence-electron chi connectivity index (χ3n) is 3.04. The third-order valence-corrected chi connectivity index (χ3v) is 3.04. The first-order valence-corrected chi connectivity index (χ1v) is 4.78. The van der Waals surface area contributed by atoms with E-state index in [1.54, 1.807) is 7.11 Å². The smallest absolute Gasteiger partial charge is 0.118 e. The molecule has 0 radical (unpaired) electrons. The number of aliphatic hydroxyl groups is 1. The highest BCUT2D eigenvalue weighted by Crippen LogP contribution is 2.51. The van der Waals surface area contributed by atoms with Gasteiger partial charge in [0.15, 0.2) is 0 Å². The van der Waals surface area contributed by atoms with Crippen LogP contribution in [0.1, 0.15) is 23.3 Å². The van der Waals surface area contributed by atoms with Crippen LogP contribution in [0, 0.1) is 0 Å². The van der Waals surface area contributed by atoms with Crippen LogP contribution in [0.25, 0.3) is 0 Å². The van der Waals surface area contributed by atoms with Gasteiger partial charge in [-0.05, 0) is 11.1 Å². The monoisotopic (exact) mass is 192 g/mol. The van der Waals surface area contributed by atoms with E-state index in [1.807, 2.05) is 24.3 Å². The minimum Gasteiger partial charge on any atom is -0.387 e. The summed E-state index contributed by atoms with van der Waals surface area (Å²) >= 11 is 0. The van der Waals surface area contributed by atoms with Gasteiger partial charge in [-0.1, -0.05) is 24.3 Å². The van der Waals surface area contributed by atoms with E-state index in [0.717, 1.165) is 11.1 Å². The number of hydrogen-bond donors (Lipinski definition) is 1. The minimum atomic E-state index is -0.528. The summed E-state index contributed by atoms with van der Waals surface area (Å²) in [6.45, 7) is 0. The van der Waals surface area contributed by atoms with Crippen molar-refractivity contribution in [2.75, 3.05) is 7.11 Å². The molecule has 1 fully saturated rings. The first-order valence-electron chi connectivity index (χ1n) is 4.78. The van der Waals surface area contributed by atoms with Crippen molar-refractivity contribution in [3.05, 3.63) is 35.4 Å². The highest BCUT2D eigenvalue weighted by Gasteiger charge is 2.53. The normalized spacial score (nSPS) is 38.7. The Morgan fingerprint density at radius 2 is 2.00 bits per heavy atom. The number of ether oxygens (including phenoxy) is 2. The molecule has 1 aromatic carbocycles. The van der Waals surface area contributed by atoms with E-state index in [-0.39, 0.29) is 18.3 Å². The van der Waals surface area contributed by atoms with Gasteiger partial charge in [0.05, 0.1) is 0 Å². The predicted octanol–water partition coefficient (Wildman–Crippen LogP) is 1.19. The van der Waals surface area contributed by atoms with Crippen LogP contribution in [0.15, 0.2) is 24.3 Å². The molecule has 2 aliphatic rings. The van der Waals surface area contributed by atoms with Crippen LogP contribution in [-0.4, -0.2) is 24.4 Å². The lowest BCUT2D eigenvalue weighted by Crippen LogP contribution is -2.30. The van der Waals surface area contributed by atoms with Gasteiger partial charge in [0.1, 0.15) is 24.4 Å². The highest BCUT2D eigenvalue weighted by atomic mass is 16.6. The molecule has 1 N–H and O–H groups in total. The molecule has 1 aliphatic heterocycles. The van der Waals surface area contributed by atoms with Crippen LogP contribution in [0.2, 0.25) is 0 Å². The maximum atomic E-state index is 9.88. The zero-order valence-electron chi connectivity index (χ0n) is 7.88. The SMILES string of the molecule is CO[C@@H]1c2ccccc2[C@H]2O[C@H]2[C@H]1O. The Labute approximate surface area is 82.3 Å². The summed E-state index contributed by atoms with van der Waals surface area (Å²) in [6.07, 6.45) is -0.739. The molecule has 74 valence electrons. The molecule has 0 spiro atoms. The zero-order chi connectivity index (χ0) is 9.71. The van der Waals surface area contributed by atoms with Crippen molar-refractivity contribution in [2.24, 2.45) is 0 Å². The Hall–Kier alpha value is -0.900. The molecule has 0 bridgehead atoms. The number of hydrogen-bond acceptors (Lipinski definition) is 3. The van der Waals surface area contributed by atoms with Crippen LogP contribution in [-0.2, 0) is 9.47 Å². The molecule has 14 heavy (non-hydrogen) atoms. The molecule has 3 rings (SSSR count). The second kappa shape index (κ2) is 2.79. The van der Waals surface area contributed by atoms with E-state index in [4.69, 9.17) is 9.47 Å². The standard InChI is InChI=1S/C11H12O3/c1-13-9-6-4-2-3-5-7(6)10-11(14-10)8(9)12/h2-5,8-12H,1H3/t8-,9+,10+,11-/m0/s1. The van der Waals surface area contributed by atoms with Gasteiger partial charge >= 0.3 is 0 Å². The Kier molecular flexibility index (Phi) is 1.68. The number of benzene rings is 1. The molecule has 3 heteroatoms. The fourth-order valence-corrected chi connectivity index (χ4v) is 2.29. The van der Waals surface area contributed by atoms with E-state index < -0.39 is 6.10 Å². The van der Waals surface area contributed by atoms with Gasteiger partial charge in [0.25, 0.3) is 0 Å². The second-order valence-electron chi connectivity index (χ2n) is 3.80. The summed E-state index contributed by atoms with van der Waals surface area (Å²) in [5.41, 5.74) is 2.22. The Balaban J connectivity index is 2.10. The van der Waals surface area contributed by atoms with Crippen molar-refractivity contribution in [3.8, 4) is 0 Å². The summed E-state index contributed by atoms with van der Waals surface area (Å²) in [7, 11) is 1.62. The topological polar surface area (TPSA) is 42.0 Å². The quantitative estimate of drug-likeness (QED) is 0.679. The zero-order valence-corrected chi connectivity index (χ0v) is 7.88. The summed E-state index contributed by atoms with van der Waals surface area (Å²) < 4.78 is 10.7. The number of methoxy groups -OCH3 is 1. The first-order chi connectivity index (χ1) is 6.83. The first kappa shape index (κ1) is 8.41. The molecular weight excluding hydrogens is 180 g/mol. The summed E-state index contributed by atoms with van der Waals surface area (Å²) in [4.78, 5) is 0. The Morgan fingerprint density at radius 1 is 1.29 bits per heavy atom. The second-order valence-corrected chi connectivity index (χ2v) is 3.80. The minimum absolute atomic E-state index is 0.0603. The molecule has 4 atom stereocenters. The van der Waals surface area contributed by atoms with E-state index >= 15 is 0 Å². The lowest BCUT2D eigenvalue weighted by atomic mass is 9.87. The molecule has 0 unspecified atom stereocenters. The van der Waals surface area contributed by atoms with Gasteiger partial charge in [0, 0.05) is 7.11 Å². The van der Waals surface area contributed by atoms with Crippen molar-refractivity contribution < 1.29 is 14.6 Å². The van der Waals surface area contributed by atoms with Gasteiger partial charge in [-0.25, -0.2) is 0 Å². The molecule has 3 nitrogen and oxygen atoms in total. The van der Waals surface area contributed by atoms with E-state index in [0.29, 0.717) is 0 Å². The summed E-state index contributed by atoms with van der Waals surface area (Å²) in [5, 5.41) is 9.88. The van der Waals surface area contributed by atoms with Crippen LogP contribution in [0.5, 0.6) is 0 Å². The number of fused-ring (bicyclic) bond motifs is 3. The Bertz CT molecular complexity index is 363. The van der Waals surface area contributed by atoms with Crippen molar-refractivity contribution in [1.82, 2.24) is 0 Å². The largest absolute Gasteiger partial charge is 0.387 e. The van der Waals surface area contributed by atoms with Gasteiger partial charge in [0.2, 0.25) is 0 Å².